The third-order valence-electron chi connectivity index (χ3n) is 8.27. The maximum atomic E-state index is 10.1. The molecule has 1 N–H and O–H groups in total. The van der Waals surface area contributed by atoms with Crippen LogP contribution in [0.5, 0.6) is 5.75 Å². The van der Waals surface area contributed by atoms with Crippen LogP contribution >= 0.6 is 15.9 Å². The number of hydrogen-bond donors (Lipinski definition) is 1. The Bertz CT molecular complexity index is 1150. The molecule has 0 radical (unpaired) electrons. The summed E-state index contributed by atoms with van der Waals surface area (Å²) < 4.78 is 0.932. The molecule has 0 aromatic heterocycles. The van der Waals surface area contributed by atoms with E-state index in [1.807, 2.05) is 12.1 Å². The molecule has 4 fully saturated rings. The van der Waals surface area contributed by atoms with Gasteiger partial charge in [-0.05, 0) is 103 Å². The Hall–Kier alpha value is -2.39. The lowest BCUT2D eigenvalue weighted by atomic mass is 9.42. The Kier molecular flexibility index (Phi) is 4.80. The van der Waals surface area contributed by atoms with Gasteiger partial charge in [-0.15, -0.1) is 0 Å². The predicted molar refractivity (Wildman–Crippen MR) is 134 cm³/mol. The highest BCUT2D eigenvalue weighted by molar-refractivity contribution is 9.10. The summed E-state index contributed by atoms with van der Waals surface area (Å²) in [5, 5.41) is 10.1. The van der Waals surface area contributed by atoms with Crippen molar-refractivity contribution in [1.82, 2.24) is 0 Å². The van der Waals surface area contributed by atoms with Gasteiger partial charge in [0.1, 0.15) is 5.75 Å². The zero-order valence-corrected chi connectivity index (χ0v) is 19.8. The van der Waals surface area contributed by atoms with E-state index in [1.54, 1.807) is 17.8 Å². The van der Waals surface area contributed by atoms with Crippen LogP contribution < -0.4 is 0 Å². The van der Waals surface area contributed by atoms with Crippen molar-refractivity contribution in [3.63, 3.8) is 0 Å². The molecule has 4 saturated carbocycles. The van der Waals surface area contributed by atoms with Gasteiger partial charge in [0, 0.05) is 16.3 Å². The summed E-state index contributed by atoms with van der Waals surface area (Å²) in [6.45, 7) is 0. The summed E-state index contributed by atoms with van der Waals surface area (Å²) in [4.78, 5) is 4.62. The normalized spacial score (nSPS) is 30.8. The molecule has 2 nitrogen and oxygen atoms in total. The van der Waals surface area contributed by atoms with Gasteiger partial charge in [0.25, 0.3) is 0 Å². The smallest absolute Gasteiger partial charge is 0.124 e. The van der Waals surface area contributed by atoms with Gasteiger partial charge >= 0.3 is 0 Å². The van der Waals surface area contributed by atoms with Crippen LogP contribution in [-0.4, -0.2) is 11.3 Å². The summed E-state index contributed by atoms with van der Waals surface area (Å²) in [6, 6.07) is 25.7. The fourth-order valence-corrected chi connectivity index (χ4v) is 7.78. The quantitative estimate of drug-likeness (QED) is 0.377. The molecule has 0 amide bonds. The molecular weight excluding hydrogens is 458 g/mol. The van der Waals surface area contributed by atoms with E-state index in [1.165, 1.54) is 44.1 Å². The Morgan fingerprint density at radius 1 is 0.812 bits per heavy atom. The lowest BCUT2D eigenvalue weighted by Crippen LogP contribution is -2.55. The third kappa shape index (κ3) is 3.42. The molecule has 3 heteroatoms. The second kappa shape index (κ2) is 7.59. The Labute approximate surface area is 198 Å². The summed E-state index contributed by atoms with van der Waals surface area (Å²) >= 11 is 3.46. The van der Waals surface area contributed by atoms with E-state index >= 15 is 0 Å². The van der Waals surface area contributed by atoms with Crippen LogP contribution in [-0.2, 0) is 10.8 Å². The summed E-state index contributed by atoms with van der Waals surface area (Å²) in [6.07, 6.45) is 9.87. The monoisotopic (exact) mass is 485 g/mol. The predicted octanol–water partition coefficient (Wildman–Crippen LogP) is 7.69. The number of hydrogen-bond acceptors (Lipinski definition) is 2. The lowest BCUT2D eigenvalue weighted by molar-refractivity contribution is -0.0281. The first-order valence-corrected chi connectivity index (χ1v) is 12.5. The van der Waals surface area contributed by atoms with Gasteiger partial charge in [0.2, 0.25) is 0 Å². The van der Waals surface area contributed by atoms with Crippen LogP contribution in [0.25, 0.3) is 0 Å². The lowest BCUT2D eigenvalue weighted by Gasteiger charge is -2.62. The SMILES string of the molecule is Oc1ccc(Br)cc1C=Nc1ccc(C23C[C@@H]4C[C@H](CC(c5ccccc5)(C4)C2)C3)cc1. The summed E-state index contributed by atoms with van der Waals surface area (Å²) in [5.74, 6) is 1.95. The first-order valence-electron chi connectivity index (χ1n) is 11.7. The molecule has 0 aliphatic heterocycles. The van der Waals surface area contributed by atoms with Gasteiger partial charge in [-0.3, -0.25) is 4.99 Å². The topological polar surface area (TPSA) is 32.6 Å². The largest absolute Gasteiger partial charge is 0.507 e. The second-order valence-electron chi connectivity index (χ2n) is 10.4. The third-order valence-corrected chi connectivity index (χ3v) is 8.76. The van der Waals surface area contributed by atoms with Crippen LogP contribution in [0, 0.1) is 11.8 Å². The van der Waals surface area contributed by atoms with E-state index < -0.39 is 0 Å². The van der Waals surface area contributed by atoms with Crippen molar-refractivity contribution in [2.45, 2.75) is 49.4 Å². The number of halogens is 1. The van der Waals surface area contributed by atoms with Gasteiger partial charge < -0.3 is 5.11 Å². The van der Waals surface area contributed by atoms with Gasteiger partial charge in [-0.2, -0.15) is 0 Å². The molecule has 32 heavy (non-hydrogen) atoms. The van der Waals surface area contributed by atoms with Crippen molar-refractivity contribution in [3.05, 3.63) is 94.0 Å². The number of phenols is 1. The van der Waals surface area contributed by atoms with Crippen molar-refractivity contribution in [2.24, 2.45) is 16.8 Å². The van der Waals surface area contributed by atoms with Gasteiger partial charge in [0.05, 0.1) is 5.69 Å². The second-order valence-corrected chi connectivity index (χ2v) is 11.3. The molecule has 2 atom stereocenters. The number of aromatic hydroxyl groups is 1. The minimum Gasteiger partial charge on any atom is -0.507 e. The highest BCUT2D eigenvalue weighted by Gasteiger charge is 2.58. The molecule has 0 spiro atoms. The first kappa shape index (κ1) is 20.2. The molecule has 162 valence electrons. The van der Waals surface area contributed by atoms with E-state index in [2.05, 4.69) is 75.5 Å². The molecule has 0 heterocycles. The fourth-order valence-electron chi connectivity index (χ4n) is 7.40. The number of phenolic OH excluding ortho intramolecular Hbond substituents is 1. The van der Waals surface area contributed by atoms with Gasteiger partial charge in [0.15, 0.2) is 0 Å². The highest BCUT2D eigenvalue weighted by atomic mass is 79.9. The van der Waals surface area contributed by atoms with Crippen molar-refractivity contribution >= 4 is 27.8 Å². The molecular formula is C29H28BrNO. The van der Waals surface area contributed by atoms with E-state index in [-0.39, 0.29) is 5.75 Å². The average Bonchev–Trinajstić information content (AvgIpc) is 2.80. The number of benzene rings is 3. The van der Waals surface area contributed by atoms with Crippen LogP contribution in [0.1, 0.15) is 55.2 Å². The zero-order chi connectivity index (χ0) is 21.8. The molecule has 3 aromatic carbocycles. The molecule has 3 aromatic rings. The average molecular weight is 486 g/mol. The van der Waals surface area contributed by atoms with Crippen LogP contribution in [0.15, 0.2) is 82.3 Å². The highest BCUT2D eigenvalue weighted by Crippen LogP contribution is 2.66. The molecule has 4 aliphatic rings. The summed E-state index contributed by atoms with van der Waals surface area (Å²) in [7, 11) is 0. The van der Waals surface area contributed by atoms with Crippen molar-refractivity contribution in [1.29, 1.82) is 0 Å². The standard InChI is InChI=1S/C29H28BrNO/c30-25-8-11-27(32)22(13-25)18-31-26-9-6-24(7-10-26)29-16-20-12-21(17-29)15-28(14-20,19-29)23-4-2-1-3-5-23/h1-11,13,18,20-21,32H,12,14-17,19H2/t20-,21-,28?,29?/m1/s1. The number of nitrogens with zero attached hydrogens (tertiary/aromatic N) is 1. The number of rotatable bonds is 4. The van der Waals surface area contributed by atoms with E-state index in [0.717, 1.165) is 22.0 Å². The molecule has 7 rings (SSSR count). The van der Waals surface area contributed by atoms with Gasteiger partial charge in [-0.1, -0.05) is 58.4 Å². The van der Waals surface area contributed by atoms with Gasteiger partial charge in [-0.25, -0.2) is 0 Å². The molecule has 4 aliphatic carbocycles. The minimum atomic E-state index is 0.244. The Morgan fingerprint density at radius 2 is 1.44 bits per heavy atom. The minimum absolute atomic E-state index is 0.244. The fraction of sp³-hybridized carbons (Fsp3) is 0.345. The Morgan fingerprint density at radius 3 is 2.09 bits per heavy atom. The zero-order valence-electron chi connectivity index (χ0n) is 18.2. The van der Waals surface area contributed by atoms with E-state index in [4.69, 9.17) is 0 Å². The maximum absolute atomic E-state index is 10.1. The van der Waals surface area contributed by atoms with Crippen LogP contribution in [0.4, 0.5) is 5.69 Å². The van der Waals surface area contributed by atoms with Crippen molar-refractivity contribution in [2.75, 3.05) is 0 Å². The van der Waals surface area contributed by atoms with Crippen LogP contribution in [0.3, 0.4) is 0 Å². The Balaban J connectivity index is 1.29. The van der Waals surface area contributed by atoms with E-state index in [9.17, 15) is 5.11 Å². The first-order chi connectivity index (χ1) is 15.5. The van der Waals surface area contributed by atoms with E-state index in [0.29, 0.717) is 16.4 Å². The molecule has 0 saturated heterocycles. The van der Waals surface area contributed by atoms with Crippen molar-refractivity contribution < 1.29 is 5.11 Å². The maximum Gasteiger partial charge on any atom is 0.124 e. The molecule has 0 unspecified atom stereocenters. The van der Waals surface area contributed by atoms with Crippen LogP contribution in [0.2, 0.25) is 0 Å². The van der Waals surface area contributed by atoms with Crippen molar-refractivity contribution in [3.8, 4) is 5.75 Å². The molecule has 4 bridgehead atoms. The number of aliphatic imine (C=N–C) groups is 1. The summed E-state index contributed by atoms with van der Waals surface area (Å²) in [5.41, 5.74) is 5.38.